The number of hydrogen-bond acceptors (Lipinski definition) is 1. The lowest BCUT2D eigenvalue weighted by molar-refractivity contribution is 0.986. The van der Waals surface area contributed by atoms with E-state index < -0.39 is 0 Å². The lowest BCUT2D eigenvalue weighted by atomic mass is 9.90. The summed E-state index contributed by atoms with van der Waals surface area (Å²) in [7, 11) is 0. The Morgan fingerprint density at radius 3 is 2.59 bits per heavy atom. The fourth-order valence-electron chi connectivity index (χ4n) is 3.97. The standard InChI is InChI=1S/C26H21N/c1-3-14-23-19(8-1)10-6-16-24(23)21-12-5-13-22(18-21)27-26-17-7-11-20-9-2-4-15-25(20)26/h2-7,9-18,27H,1,8H2. The second kappa shape index (κ2) is 6.77. The zero-order chi connectivity index (χ0) is 18.1. The molecule has 1 nitrogen and oxygen atoms in total. The Kier molecular flexibility index (Phi) is 3.99. The molecular formula is C26H21N. The third-order valence-corrected chi connectivity index (χ3v) is 5.30. The summed E-state index contributed by atoms with van der Waals surface area (Å²) in [5.74, 6) is 0. The molecule has 1 heteroatoms. The maximum Gasteiger partial charge on any atom is 0.0463 e. The van der Waals surface area contributed by atoms with Gasteiger partial charge in [0.2, 0.25) is 0 Å². The van der Waals surface area contributed by atoms with Crippen molar-refractivity contribution in [3.63, 3.8) is 0 Å². The van der Waals surface area contributed by atoms with E-state index in [4.69, 9.17) is 0 Å². The van der Waals surface area contributed by atoms with E-state index in [2.05, 4.69) is 102 Å². The molecule has 27 heavy (non-hydrogen) atoms. The molecule has 1 aliphatic carbocycles. The van der Waals surface area contributed by atoms with Crippen LogP contribution >= 0.6 is 0 Å². The van der Waals surface area contributed by atoms with E-state index in [1.54, 1.807) is 0 Å². The molecule has 4 aromatic rings. The first-order chi connectivity index (χ1) is 13.4. The van der Waals surface area contributed by atoms with Gasteiger partial charge in [0.25, 0.3) is 0 Å². The third-order valence-electron chi connectivity index (χ3n) is 5.30. The predicted molar refractivity (Wildman–Crippen MR) is 116 cm³/mol. The Morgan fingerprint density at radius 1 is 0.741 bits per heavy atom. The maximum absolute atomic E-state index is 3.62. The molecule has 1 N–H and O–H groups in total. The number of fused-ring (bicyclic) bond motifs is 2. The smallest absolute Gasteiger partial charge is 0.0463 e. The highest BCUT2D eigenvalue weighted by atomic mass is 14.9. The summed E-state index contributed by atoms with van der Waals surface area (Å²) in [6, 6.07) is 30.3. The maximum atomic E-state index is 3.62. The summed E-state index contributed by atoms with van der Waals surface area (Å²) in [5, 5.41) is 6.11. The fourth-order valence-corrected chi connectivity index (χ4v) is 3.97. The van der Waals surface area contributed by atoms with Crippen molar-refractivity contribution < 1.29 is 0 Å². The highest BCUT2D eigenvalue weighted by Crippen LogP contribution is 2.33. The van der Waals surface area contributed by atoms with E-state index in [1.165, 1.54) is 33.0 Å². The minimum Gasteiger partial charge on any atom is -0.355 e. The third kappa shape index (κ3) is 3.02. The number of rotatable bonds is 3. The zero-order valence-corrected chi connectivity index (χ0v) is 15.2. The molecule has 0 saturated heterocycles. The lowest BCUT2D eigenvalue weighted by Gasteiger charge is -2.16. The Bertz CT molecular complexity index is 1150. The van der Waals surface area contributed by atoms with Crippen LogP contribution in [0, 0.1) is 0 Å². The summed E-state index contributed by atoms with van der Waals surface area (Å²) < 4.78 is 0. The van der Waals surface area contributed by atoms with E-state index >= 15 is 0 Å². The van der Waals surface area contributed by atoms with Crippen molar-refractivity contribution in [1.82, 2.24) is 0 Å². The van der Waals surface area contributed by atoms with Crippen LogP contribution < -0.4 is 5.32 Å². The molecule has 0 aliphatic heterocycles. The van der Waals surface area contributed by atoms with Crippen LogP contribution in [-0.4, -0.2) is 0 Å². The van der Waals surface area contributed by atoms with Crippen LogP contribution in [0.25, 0.3) is 28.0 Å². The van der Waals surface area contributed by atoms with Crippen molar-refractivity contribution in [3.8, 4) is 11.1 Å². The Balaban J connectivity index is 1.55. The molecule has 0 aromatic heterocycles. The summed E-state index contributed by atoms with van der Waals surface area (Å²) in [5.41, 5.74) is 7.63. The van der Waals surface area contributed by atoms with Crippen molar-refractivity contribution in [2.45, 2.75) is 12.8 Å². The average Bonchev–Trinajstić information content (AvgIpc) is 2.74. The highest BCUT2D eigenvalue weighted by Gasteiger charge is 2.11. The average molecular weight is 347 g/mol. The van der Waals surface area contributed by atoms with Gasteiger partial charge in [0.1, 0.15) is 0 Å². The zero-order valence-electron chi connectivity index (χ0n) is 15.2. The molecule has 0 saturated carbocycles. The highest BCUT2D eigenvalue weighted by molar-refractivity contribution is 5.95. The minimum absolute atomic E-state index is 1.11. The molecule has 5 rings (SSSR count). The van der Waals surface area contributed by atoms with Gasteiger partial charge < -0.3 is 5.32 Å². The minimum atomic E-state index is 1.11. The predicted octanol–water partition coefficient (Wildman–Crippen LogP) is 7.21. The fraction of sp³-hybridized carbons (Fsp3) is 0.0769. The topological polar surface area (TPSA) is 12.0 Å². The molecule has 0 heterocycles. The lowest BCUT2D eigenvalue weighted by Crippen LogP contribution is -1.97. The molecule has 0 fully saturated rings. The van der Waals surface area contributed by atoms with Gasteiger partial charge in [0.05, 0.1) is 0 Å². The first kappa shape index (κ1) is 15.9. The van der Waals surface area contributed by atoms with Gasteiger partial charge in [-0.3, -0.25) is 0 Å². The van der Waals surface area contributed by atoms with Gasteiger partial charge in [-0.2, -0.15) is 0 Å². The summed E-state index contributed by atoms with van der Waals surface area (Å²) >= 11 is 0. The SMILES string of the molecule is C1=Cc2c(cccc2-c2cccc(Nc3cccc4ccccc34)c2)CC1. The molecule has 0 atom stereocenters. The number of hydrogen-bond donors (Lipinski definition) is 1. The number of aryl methyl sites for hydroxylation is 1. The van der Waals surface area contributed by atoms with Crippen LogP contribution in [0.1, 0.15) is 17.5 Å². The van der Waals surface area contributed by atoms with Crippen molar-refractivity contribution >= 4 is 28.2 Å². The quantitative estimate of drug-likeness (QED) is 0.413. The summed E-state index contributed by atoms with van der Waals surface area (Å²) in [4.78, 5) is 0. The second-order valence-corrected chi connectivity index (χ2v) is 7.05. The van der Waals surface area contributed by atoms with E-state index in [1.807, 2.05) is 0 Å². The van der Waals surface area contributed by atoms with Gasteiger partial charge >= 0.3 is 0 Å². The molecule has 1 aliphatic rings. The number of allylic oxidation sites excluding steroid dienone is 1. The largest absolute Gasteiger partial charge is 0.355 e. The van der Waals surface area contributed by atoms with Gasteiger partial charge in [0.15, 0.2) is 0 Å². The summed E-state index contributed by atoms with van der Waals surface area (Å²) in [6.07, 6.45) is 6.83. The number of nitrogens with one attached hydrogen (secondary N) is 1. The number of anilines is 2. The van der Waals surface area contributed by atoms with Crippen LogP contribution in [0.15, 0.2) is 91.0 Å². The van der Waals surface area contributed by atoms with Crippen molar-refractivity contribution in [2.75, 3.05) is 5.32 Å². The van der Waals surface area contributed by atoms with Gasteiger partial charge in [-0.25, -0.2) is 0 Å². The molecule has 130 valence electrons. The van der Waals surface area contributed by atoms with Gasteiger partial charge in [-0.15, -0.1) is 0 Å². The molecule has 4 aromatic carbocycles. The van der Waals surface area contributed by atoms with Crippen molar-refractivity contribution in [2.24, 2.45) is 0 Å². The van der Waals surface area contributed by atoms with Crippen LogP contribution in [0.4, 0.5) is 11.4 Å². The molecule has 0 bridgehead atoms. The Morgan fingerprint density at radius 2 is 1.59 bits per heavy atom. The van der Waals surface area contributed by atoms with E-state index in [9.17, 15) is 0 Å². The van der Waals surface area contributed by atoms with Gasteiger partial charge in [-0.1, -0.05) is 78.9 Å². The normalized spacial score (nSPS) is 12.7. The van der Waals surface area contributed by atoms with E-state index in [0.29, 0.717) is 0 Å². The Labute approximate surface area is 160 Å². The molecular weight excluding hydrogens is 326 g/mol. The number of benzene rings is 4. The van der Waals surface area contributed by atoms with Crippen LogP contribution in [0.3, 0.4) is 0 Å². The second-order valence-electron chi connectivity index (χ2n) is 7.05. The van der Waals surface area contributed by atoms with Crippen LogP contribution in [0.2, 0.25) is 0 Å². The molecule has 0 spiro atoms. The van der Waals surface area contributed by atoms with E-state index in [0.717, 1.165) is 24.2 Å². The van der Waals surface area contributed by atoms with Crippen LogP contribution in [-0.2, 0) is 6.42 Å². The van der Waals surface area contributed by atoms with Crippen LogP contribution in [0.5, 0.6) is 0 Å². The van der Waals surface area contributed by atoms with Crippen molar-refractivity contribution in [1.29, 1.82) is 0 Å². The molecule has 0 amide bonds. The Hall–Kier alpha value is -3.32. The monoisotopic (exact) mass is 347 g/mol. The summed E-state index contributed by atoms with van der Waals surface area (Å²) in [6.45, 7) is 0. The van der Waals surface area contributed by atoms with E-state index in [-0.39, 0.29) is 0 Å². The first-order valence-corrected chi connectivity index (χ1v) is 9.52. The van der Waals surface area contributed by atoms with Crippen molar-refractivity contribution in [3.05, 3.63) is 102 Å². The molecule has 0 unspecified atom stereocenters. The van der Waals surface area contributed by atoms with Gasteiger partial charge in [-0.05, 0) is 58.7 Å². The molecule has 0 radical (unpaired) electrons. The first-order valence-electron chi connectivity index (χ1n) is 9.52. The van der Waals surface area contributed by atoms with Gasteiger partial charge in [0, 0.05) is 16.8 Å².